The Kier molecular flexibility index (Phi) is 4.08. The minimum Gasteiger partial charge on any atom is -0.359 e. The van der Waals surface area contributed by atoms with Crippen molar-refractivity contribution in [3.05, 3.63) is 71.7 Å². The van der Waals surface area contributed by atoms with Crippen LogP contribution < -0.4 is 5.32 Å². The van der Waals surface area contributed by atoms with E-state index < -0.39 is 0 Å². The summed E-state index contributed by atoms with van der Waals surface area (Å²) in [5.41, 5.74) is 3.55. The molecule has 0 aliphatic rings. The molecule has 1 heterocycles. The average molecular weight is 252 g/mol. The number of aromatic nitrogens is 1. The molecule has 3 heteroatoms. The Labute approximate surface area is 113 Å². The van der Waals surface area contributed by atoms with Crippen molar-refractivity contribution in [2.24, 2.45) is 0 Å². The molecule has 0 saturated carbocycles. The maximum atomic E-state index is 12.0. The van der Waals surface area contributed by atoms with Gasteiger partial charge in [0.1, 0.15) is 0 Å². The summed E-state index contributed by atoms with van der Waals surface area (Å²) < 4.78 is 0. The summed E-state index contributed by atoms with van der Waals surface area (Å²) in [6.07, 6.45) is 4.80. The molecule has 19 heavy (non-hydrogen) atoms. The van der Waals surface area contributed by atoms with Crippen LogP contribution in [0.2, 0.25) is 0 Å². The number of nitrogens with one attached hydrogen (secondary N) is 1. The maximum Gasteiger partial charge on any atom is 0.189 e. The first-order valence-electron chi connectivity index (χ1n) is 6.11. The first-order chi connectivity index (χ1) is 9.15. The van der Waals surface area contributed by atoms with Gasteiger partial charge in [0.05, 0.1) is 0 Å². The molecular formula is C16H16N2O. The van der Waals surface area contributed by atoms with Gasteiger partial charge in [-0.25, -0.2) is 0 Å². The SMILES string of the molecule is CC(=CC(=O)c1cccnc1)Nc1cccc(C)c1. The van der Waals surface area contributed by atoms with E-state index in [4.69, 9.17) is 0 Å². The Hall–Kier alpha value is -2.42. The van der Waals surface area contributed by atoms with Gasteiger partial charge in [-0.1, -0.05) is 12.1 Å². The van der Waals surface area contributed by atoms with Crippen molar-refractivity contribution in [1.29, 1.82) is 0 Å². The number of hydrogen-bond donors (Lipinski definition) is 1. The van der Waals surface area contributed by atoms with E-state index in [1.165, 1.54) is 5.56 Å². The highest BCUT2D eigenvalue weighted by molar-refractivity contribution is 6.04. The zero-order chi connectivity index (χ0) is 13.7. The van der Waals surface area contributed by atoms with Crippen LogP contribution in [-0.4, -0.2) is 10.8 Å². The molecule has 0 radical (unpaired) electrons. The van der Waals surface area contributed by atoms with Crippen LogP contribution in [0.15, 0.2) is 60.6 Å². The van der Waals surface area contributed by atoms with Gasteiger partial charge in [0.25, 0.3) is 0 Å². The minimum absolute atomic E-state index is 0.0502. The molecule has 1 aromatic carbocycles. The topological polar surface area (TPSA) is 42.0 Å². The van der Waals surface area contributed by atoms with E-state index in [1.54, 1.807) is 30.6 Å². The molecule has 96 valence electrons. The fourth-order valence-corrected chi connectivity index (χ4v) is 1.78. The summed E-state index contributed by atoms with van der Waals surface area (Å²) in [4.78, 5) is 15.9. The van der Waals surface area contributed by atoms with Gasteiger partial charge in [-0.3, -0.25) is 9.78 Å². The van der Waals surface area contributed by atoms with Crippen molar-refractivity contribution in [2.45, 2.75) is 13.8 Å². The summed E-state index contributed by atoms with van der Waals surface area (Å²) in [6.45, 7) is 3.90. The van der Waals surface area contributed by atoms with Crippen molar-refractivity contribution in [3.8, 4) is 0 Å². The number of benzene rings is 1. The van der Waals surface area contributed by atoms with Crippen molar-refractivity contribution in [1.82, 2.24) is 4.98 Å². The Morgan fingerprint density at radius 2 is 2.11 bits per heavy atom. The average Bonchev–Trinajstić information content (AvgIpc) is 2.39. The second-order valence-corrected chi connectivity index (χ2v) is 4.43. The lowest BCUT2D eigenvalue weighted by Crippen LogP contribution is -2.01. The van der Waals surface area contributed by atoms with Gasteiger partial charge in [0.15, 0.2) is 5.78 Å². The smallest absolute Gasteiger partial charge is 0.189 e. The zero-order valence-electron chi connectivity index (χ0n) is 11.1. The highest BCUT2D eigenvalue weighted by atomic mass is 16.1. The van der Waals surface area contributed by atoms with Gasteiger partial charge in [-0.2, -0.15) is 0 Å². The Morgan fingerprint density at radius 1 is 1.26 bits per heavy atom. The number of allylic oxidation sites excluding steroid dienone is 2. The number of hydrogen-bond acceptors (Lipinski definition) is 3. The Bertz CT molecular complexity index is 603. The van der Waals surface area contributed by atoms with E-state index in [-0.39, 0.29) is 5.78 Å². The number of ketones is 1. The second kappa shape index (κ2) is 5.96. The monoisotopic (exact) mass is 252 g/mol. The van der Waals surface area contributed by atoms with Crippen LogP contribution in [0.5, 0.6) is 0 Å². The fraction of sp³-hybridized carbons (Fsp3) is 0.125. The number of aryl methyl sites for hydroxylation is 1. The van der Waals surface area contributed by atoms with Crippen molar-refractivity contribution in [2.75, 3.05) is 5.32 Å². The first kappa shape index (κ1) is 13.0. The van der Waals surface area contributed by atoms with Crippen LogP contribution in [0.4, 0.5) is 5.69 Å². The number of carbonyl (C=O) groups is 1. The minimum atomic E-state index is -0.0502. The fourth-order valence-electron chi connectivity index (χ4n) is 1.78. The molecule has 2 aromatic rings. The van der Waals surface area contributed by atoms with Crippen LogP contribution in [0.1, 0.15) is 22.8 Å². The number of nitrogens with zero attached hydrogens (tertiary/aromatic N) is 1. The number of carbonyl (C=O) groups excluding carboxylic acids is 1. The predicted molar refractivity (Wildman–Crippen MR) is 77.1 cm³/mol. The number of pyridine rings is 1. The third-order valence-electron chi connectivity index (χ3n) is 2.65. The van der Waals surface area contributed by atoms with E-state index in [2.05, 4.69) is 10.3 Å². The predicted octanol–water partition coefficient (Wildman–Crippen LogP) is 3.59. The van der Waals surface area contributed by atoms with Crippen LogP contribution in [0.25, 0.3) is 0 Å². The molecule has 0 fully saturated rings. The Morgan fingerprint density at radius 3 is 2.79 bits per heavy atom. The van der Waals surface area contributed by atoms with Gasteiger partial charge in [-0.05, 0) is 43.7 Å². The summed E-state index contributed by atoms with van der Waals surface area (Å²) >= 11 is 0. The van der Waals surface area contributed by atoms with Crippen LogP contribution in [-0.2, 0) is 0 Å². The molecule has 0 aliphatic carbocycles. The third kappa shape index (κ3) is 3.78. The van der Waals surface area contributed by atoms with Crippen LogP contribution in [0, 0.1) is 6.92 Å². The lowest BCUT2D eigenvalue weighted by atomic mass is 10.1. The third-order valence-corrected chi connectivity index (χ3v) is 2.65. The quantitative estimate of drug-likeness (QED) is 0.668. The van der Waals surface area contributed by atoms with E-state index in [1.807, 2.05) is 38.1 Å². The van der Waals surface area contributed by atoms with Crippen LogP contribution >= 0.6 is 0 Å². The first-order valence-corrected chi connectivity index (χ1v) is 6.11. The molecular weight excluding hydrogens is 236 g/mol. The molecule has 0 amide bonds. The zero-order valence-corrected chi connectivity index (χ0v) is 11.1. The summed E-state index contributed by atoms with van der Waals surface area (Å²) in [6, 6.07) is 11.5. The van der Waals surface area contributed by atoms with Crippen molar-refractivity contribution >= 4 is 11.5 Å². The summed E-state index contributed by atoms with van der Waals surface area (Å²) in [7, 11) is 0. The van der Waals surface area contributed by atoms with E-state index in [0.29, 0.717) is 5.56 Å². The van der Waals surface area contributed by atoms with Gasteiger partial charge in [0.2, 0.25) is 0 Å². The molecule has 2 rings (SSSR count). The largest absolute Gasteiger partial charge is 0.359 e. The maximum absolute atomic E-state index is 12.0. The number of anilines is 1. The van der Waals surface area contributed by atoms with Gasteiger partial charge in [0, 0.05) is 35.4 Å². The Balaban J connectivity index is 2.09. The van der Waals surface area contributed by atoms with Crippen molar-refractivity contribution in [3.63, 3.8) is 0 Å². The summed E-state index contributed by atoms with van der Waals surface area (Å²) in [5.74, 6) is -0.0502. The van der Waals surface area contributed by atoms with E-state index in [0.717, 1.165) is 11.4 Å². The molecule has 0 saturated heterocycles. The molecule has 0 aliphatic heterocycles. The van der Waals surface area contributed by atoms with E-state index >= 15 is 0 Å². The highest BCUT2D eigenvalue weighted by Gasteiger charge is 2.02. The normalized spacial score (nSPS) is 11.2. The molecule has 0 spiro atoms. The van der Waals surface area contributed by atoms with Crippen molar-refractivity contribution < 1.29 is 4.79 Å². The van der Waals surface area contributed by atoms with Gasteiger partial charge < -0.3 is 5.32 Å². The molecule has 3 nitrogen and oxygen atoms in total. The van der Waals surface area contributed by atoms with Crippen LogP contribution in [0.3, 0.4) is 0 Å². The molecule has 0 unspecified atom stereocenters. The van der Waals surface area contributed by atoms with Gasteiger partial charge >= 0.3 is 0 Å². The lowest BCUT2D eigenvalue weighted by molar-refractivity contribution is 0.104. The highest BCUT2D eigenvalue weighted by Crippen LogP contribution is 2.12. The lowest BCUT2D eigenvalue weighted by Gasteiger charge is -2.07. The molecule has 0 atom stereocenters. The second-order valence-electron chi connectivity index (χ2n) is 4.43. The standard InChI is InChI=1S/C16H16N2O/c1-12-5-3-7-15(9-12)18-13(2)10-16(19)14-6-4-8-17-11-14/h3-11,18H,1-2H3. The van der Waals surface area contributed by atoms with E-state index in [9.17, 15) is 4.79 Å². The molecule has 1 N–H and O–H groups in total. The summed E-state index contributed by atoms with van der Waals surface area (Å²) in [5, 5.41) is 3.20. The molecule has 1 aromatic heterocycles. The molecule has 0 bridgehead atoms. The number of rotatable bonds is 4. The van der Waals surface area contributed by atoms with Gasteiger partial charge in [-0.15, -0.1) is 0 Å².